The predicted octanol–water partition coefficient (Wildman–Crippen LogP) is 5.40. The van der Waals surface area contributed by atoms with Gasteiger partial charge in [-0.05, 0) is 42.0 Å². The molecule has 1 nitrogen and oxygen atoms in total. The van der Waals surface area contributed by atoms with Gasteiger partial charge in [0.1, 0.15) is 5.82 Å². The zero-order valence-corrected chi connectivity index (χ0v) is 11.5. The largest absolute Gasteiger partial charge is 0.380 e. The standard InChI is InChI=1S/C13H9Cl3FN/c14-9-1-2-13(12(16)6-9)18-7-8-3-10(15)5-11(17)4-8/h1-6,18H,7H2. The highest BCUT2D eigenvalue weighted by molar-refractivity contribution is 6.36. The Kier molecular flexibility index (Phi) is 4.33. The Labute approximate surface area is 119 Å². The second-order valence-electron chi connectivity index (χ2n) is 3.76. The minimum Gasteiger partial charge on any atom is -0.380 e. The van der Waals surface area contributed by atoms with Gasteiger partial charge in [0.05, 0.1) is 10.7 Å². The van der Waals surface area contributed by atoms with E-state index in [0.29, 0.717) is 21.6 Å². The summed E-state index contributed by atoms with van der Waals surface area (Å²) in [4.78, 5) is 0. The molecule has 0 aliphatic rings. The fraction of sp³-hybridized carbons (Fsp3) is 0.0769. The minimum absolute atomic E-state index is 0.360. The molecule has 0 amide bonds. The van der Waals surface area contributed by atoms with Crippen LogP contribution in [0.3, 0.4) is 0 Å². The molecule has 0 saturated carbocycles. The monoisotopic (exact) mass is 303 g/mol. The van der Waals surface area contributed by atoms with Gasteiger partial charge < -0.3 is 5.32 Å². The lowest BCUT2D eigenvalue weighted by atomic mass is 10.2. The van der Waals surface area contributed by atoms with Crippen LogP contribution in [-0.4, -0.2) is 0 Å². The topological polar surface area (TPSA) is 12.0 Å². The van der Waals surface area contributed by atoms with Gasteiger partial charge >= 0.3 is 0 Å². The van der Waals surface area contributed by atoms with Crippen molar-refractivity contribution in [3.63, 3.8) is 0 Å². The Hall–Kier alpha value is -0.960. The van der Waals surface area contributed by atoms with E-state index < -0.39 is 0 Å². The smallest absolute Gasteiger partial charge is 0.125 e. The molecule has 5 heteroatoms. The maximum Gasteiger partial charge on any atom is 0.125 e. The zero-order chi connectivity index (χ0) is 13.1. The predicted molar refractivity (Wildman–Crippen MR) is 75.2 cm³/mol. The molecular formula is C13H9Cl3FN. The number of rotatable bonds is 3. The Bertz CT molecular complexity index is 552. The van der Waals surface area contributed by atoms with Crippen LogP contribution in [0.15, 0.2) is 36.4 Å². The van der Waals surface area contributed by atoms with E-state index in [1.165, 1.54) is 12.1 Å². The summed E-state index contributed by atoms with van der Waals surface area (Å²) in [6.45, 7) is 0.429. The lowest BCUT2D eigenvalue weighted by Crippen LogP contribution is -2.00. The van der Waals surface area contributed by atoms with Crippen LogP contribution in [0.1, 0.15) is 5.56 Å². The summed E-state index contributed by atoms with van der Waals surface area (Å²) in [6, 6.07) is 9.52. The van der Waals surface area contributed by atoms with Crippen molar-refractivity contribution < 1.29 is 4.39 Å². The van der Waals surface area contributed by atoms with Crippen molar-refractivity contribution in [3.8, 4) is 0 Å². The van der Waals surface area contributed by atoms with Crippen molar-refractivity contribution in [2.75, 3.05) is 5.32 Å². The van der Waals surface area contributed by atoms with Crippen LogP contribution in [0.2, 0.25) is 15.1 Å². The van der Waals surface area contributed by atoms with E-state index in [1.807, 2.05) is 0 Å². The van der Waals surface area contributed by atoms with Crippen LogP contribution in [0.5, 0.6) is 0 Å². The van der Waals surface area contributed by atoms with Crippen molar-refractivity contribution >= 4 is 40.5 Å². The molecule has 0 aliphatic carbocycles. The van der Waals surface area contributed by atoms with Gasteiger partial charge in [-0.15, -0.1) is 0 Å². The number of anilines is 1. The first-order valence-corrected chi connectivity index (χ1v) is 6.32. The van der Waals surface area contributed by atoms with Gasteiger partial charge in [-0.25, -0.2) is 4.39 Å². The van der Waals surface area contributed by atoms with Gasteiger partial charge in [0.25, 0.3) is 0 Å². The van der Waals surface area contributed by atoms with Crippen molar-refractivity contribution in [1.82, 2.24) is 0 Å². The van der Waals surface area contributed by atoms with E-state index in [2.05, 4.69) is 5.32 Å². The van der Waals surface area contributed by atoms with E-state index in [1.54, 1.807) is 24.3 Å². The number of halogens is 4. The van der Waals surface area contributed by atoms with Crippen LogP contribution in [0.25, 0.3) is 0 Å². The van der Waals surface area contributed by atoms with Crippen LogP contribution < -0.4 is 5.32 Å². The van der Waals surface area contributed by atoms with E-state index >= 15 is 0 Å². The molecule has 0 aliphatic heterocycles. The first kappa shape index (κ1) is 13.5. The van der Waals surface area contributed by atoms with E-state index in [4.69, 9.17) is 34.8 Å². The lowest BCUT2D eigenvalue weighted by molar-refractivity contribution is 0.626. The Morgan fingerprint density at radius 2 is 1.72 bits per heavy atom. The normalized spacial score (nSPS) is 10.4. The molecule has 0 spiro atoms. The lowest BCUT2D eigenvalue weighted by Gasteiger charge is -2.09. The third-order valence-corrected chi connectivity index (χ3v) is 3.10. The van der Waals surface area contributed by atoms with Gasteiger partial charge in [0.15, 0.2) is 0 Å². The molecule has 0 atom stereocenters. The van der Waals surface area contributed by atoms with Gasteiger partial charge in [-0.1, -0.05) is 34.8 Å². The van der Waals surface area contributed by atoms with Crippen molar-refractivity contribution in [3.05, 3.63) is 62.8 Å². The summed E-state index contributed by atoms with van der Waals surface area (Å²) in [6.07, 6.45) is 0. The van der Waals surface area contributed by atoms with Gasteiger partial charge in [0.2, 0.25) is 0 Å². The molecule has 2 aromatic carbocycles. The SMILES string of the molecule is Fc1cc(Cl)cc(CNc2ccc(Cl)cc2Cl)c1. The summed E-state index contributed by atoms with van der Waals surface area (Å²) in [7, 11) is 0. The molecule has 1 N–H and O–H groups in total. The van der Waals surface area contributed by atoms with E-state index in [9.17, 15) is 4.39 Å². The molecule has 0 unspecified atom stereocenters. The highest BCUT2D eigenvalue weighted by Crippen LogP contribution is 2.26. The fourth-order valence-corrected chi connectivity index (χ4v) is 2.26. The second-order valence-corrected chi connectivity index (χ2v) is 5.04. The molecule has 18 heavy (non-hydrogen) atoms. The van der Waals surface area contributed by atoms with Gasteiger partial charge in [0, 0.05) is 16.6 Å². The maximum absolute atomic E-state index is 13.1. The molecule has 0 aromatic heterocycles. The quantitative estimate of drug-likeness (QED) is 0.800. The third kappa shape index (κ3) is 3.52. The Balaban J connectivity index is 2.11. The summed E-state index contributed by atoms with van der Waals surface area (Å²) < 4.78 is 13.1. The van der Waals surface area contributed by atoms with Crippen molar-refractivity contribution in [2.45, 2.75) is 6.54 Å². The molecular weight excluding hydrogens is 296 g/mol. The van der Waals surface area contributed by atoms with E-state index in [-0.39, 0.29) is 5.82 Å². The fourth-order valence-electron chi connectivity index (χ4n) is 1.54. The first-order valence-electron chi connectivity index (χ1n) is 5.18. The molecule has 0 saturated heterocycles. The number of hydrogen-bond donors (Lipinski definition) is 1. The maximum atomic E-state index is 13.1. The Morgan fingerprint density at radius 1 is 0.944 bits per heavy atom. The second kappa shape index (κ2) is 5.79. The van der Waals surface area contributed by atoms with Crippen LogP contribution in [0, 0.1) is 5.82 Å². The van der Waals surface area contributed by atoms with Gasteiger partial charge in [-0.2, -0.15) is 0 Å². The van der Waals surface area contributed by atoms with Crippen LogP contribution in [0.4, 0.5) is 10.1 Å². The Morgan fingerprint density at radius 3 is 2.39 bits per heavy atom. The highest BCUT2D eigenvalue weighted by Gasteiger charge is 2.03. The number of benzene rings is 2. The molecule has 2 aromatic rings. The summed E-state index contributed by atoms with van der Waals surface area (Å²) in [5.41, 5.74) is 1.48. The summed E-state index contributed by atoms with van der Waals surface area (Å²) in [5, 5.41) is 4.55. The average molecular weight is 305 g/mol. The van der Waals surface area contributed by atoms with Crippen molar-refractivity contribution in [1.29, 1.82) is 0 Å². The number of hydrogen-bond acceptors (Lipinski definition) is 1. The van der Waals surface area contributed by atoms with Crippen molar-refractivity contribution in [2.24, 2.45) is 0 Å². The molecule has 0 heterocycles. The first-order chi connectivity index (χ1) is 8.54. The zero-order valence-electron chi connectivity index (χ0n) is 9.18. The highest BCUT2D eigenvalue weighted by atomic mass is 35.5. The molecule has 2 rings (SSSR count). The molecule has 0 bridgehead atoms. The average Bonchev–Trinajstić information content (AvgIpc) is 2.26. The minimum atomic E-state index is -0.360. The van der Waals surface area contributed by atoms with Gasteiger partial charge in [-0.3, -0.25) is 0 Å². The van der Waals surface area contributed by atoms with E-state index in [0.717, 1.165) is 11.3 Å². The molecule has 94 valence electrons. The third-order valence-electron chi connectivity index (χ3n) is 2.34. The molecule has 0 radical (unpaired) electrons. The summed E-state index contributed by atoms with van der Waals surface area (Å²) in [5.74, 6) is -0.360. The van der Waals surface area contributed by atoms with Crippen LogP contribution >= 0.6 is 34.8 Å². The summed E-state index contributed by atoms with van der Waals surface area (Å²) >= 11 is 17.6. The molecule has 0 fully saturated rings. The number of nitrogens with one attached hydrogen (secondary N) is 1. The van der Waals surface area contributed by atoms with Crippen LogP contribution in [-0.2, 0) is 6.54 Å².